The monoisotopic (exact) mass is 451 g/mol. The summed E-state index contributed by atoms with van der Waals surface area (Å²) in [5.74, 6) is -0.533. The Balaban J connectivity index is 1.70. The average molecular weight is 451 g/mol. The van der Waals surface area contributed by atoms with Gasteiger partial charge in [-0.05, 0) is 57.7 Å². The summed E-state index contributed by atoms with van der Waals surface area (Å²) in [6.45, 7) is 7.39. The molecule has 2 N–H and O–H groups in total. The van der Waals surface area contributed by atoms with Crippen molar-refractivity contribution in [1.82, 2.24) is 4.98 Å². The Kier molecular flexibility index (Phi) is 5.57. The fourth-order valence-electron chi connectivity index (χ4n) is 3.69. The number of anilines is 3. The van der Waals surface area contributed by atoms with Crippen molar-refractivity contribution >= 4 is 46.1 Å². The summed E-state index contributed by atoms with van der Waals surface area (Å²) < 4.78 is 10.5. The fraction of sp³-hybridized carbons (Fsp3) is 0.435. The first-order valence-corrected chi connectivity index (χ1v) is 10.7. The molecule has 3 atom stereocenters. The van der Waals surface area contributed by atoms with Gasteiger partial charge < -0.3 is 14.8 Å². The third kappa shape index (κ3) is 4.82. The highest BCUT2D eigenvalue weighted by Gasteiger charge is 2.43. The van der Waals surface area contributed by atoms with Gasteiger partial charge in [0.25, 0.3) is 0 Å². The minimum absolute atomic E-state index is 0.192. The van der Waals surface area contributed by atoms with Crippen LogP contribution in [0.3, 0.4) is 0 Å². The molecule has 1 saturated heterocycles. The van der Waals surface area contributed by atoms with Crippen molar-refractivity contribution in [3.8, 4) is 6.07 Å². The summed E-state index contributed by atoms with van der Waals surface area (Å²) in [5.41, 5.74) is 0.240. The van der Waals surface area contributed by atoms with Crippen LogP contribution < -0.4 is 15.5 Å². The van der Waals surface area contributed by atoms with Gasteiger partial charge in [0, 0.05) is 11.6 Å². The first-order valence-electron chi connectivity index (χ1n) is 10.7. The van der Waals surface area contributed by atoms with E-state index in [0.717, 1.165) is 0 Å². The van der Waals surface area contributed by atoms with Gasteiger partial charge in [-0.3, -0.25) is 15.0 Å². The van der Waals surface area contributed by atoms with Crippen LogP contribution in [0.15, 0.2) is 24.4 Å². The molecule has 10 heteroatoms. The van der Waals surface area contributed by atoms with Gasteiger partial charge in [0.15, 0.2) is 0 Å². The smallest absolute Gasteiger partial charge is 0.414 e. The maximum Gasteiger partial charge on any atom is 0.414 e. The summed E-state index contributed by atoms with van der Waals surface area (Å²) in [4.78, 5) is 42.9. The SMILES string of the molecule is C[C@H]1COC(=O)N1c1cc(NC(=O)OC(C)(C)C)c2cnc(NC(=O)C3CC3C#N)cc2c1. The summed E-state index contributed by atoms with van der Waals surface area (Å²) in [7, 11) is 0. The number of nitrogens with zero attached hydrogens (tertiary/aromatic N) is 3. The van der Waals surface area contributed by atoms with Gasteiger partial charge in [0.2, 0.25) is 5.91 Å². The van der Waals surface area contributed by atoms with Crippen molar-refractivity contribution in [2.24, 2.45) is 11.8 Å². The van der Waals surface area contributed by atoms with Gasteiger partial charge >= 0.3 is 12.2 Å². The molecule has 1 aromatic carbocycles. The van der Waals surface area contributed by atoms with Crippen molar-refractivity contribution in [1.29, 1.82) is 5.26 Å². The van der Waals surface area contributed by atoms with Gasteiger partial charge in [-0.1, -0.05) is 0 Å². The quantitative estimate of drug-likeness (QED) is 0.717. The molecule has 1 aliphatic carbocycles. The van der Waals surface area contributed by atoms with Gasteiger partial charge in [0.1, 0.15) is 18.0 Å². The number of ether oxygens (including phenoxy) is 2. The van der Waals surface area contributed by atoms with Gasteiger partial charge in [-0.2, -0.15) is 5.26 Å². The largest absolute Gasteiger partial charge is 0.447 e. The van der Waals surface area contributed by atoms with Crippen LogP contribution in [0.2, 0.25) is 0 Å². The number of carbonyl (C=O) groups is 3. The molecule has 10 nitrogen and oxygen atoms in total. The number of amides is 3. The van der Waals surface area contributed by atoms with Crippen LogP contribution >= 0.6 is 0 Å². The Morgan fingerprint density at radius 2 is 2.03 bits per heavy atom. The number of aromatic nitrogens is 1. The summed E-state index contributed by atoms with van der Waals surface area (Å²) in [5, 5.41) is 15.7. The number of benzene rings is 1. The third-order valence-corrected chi connectivity index (χ3v) is 5.37. The maximum absolute atomic E-state index is 12.4. The minimum Gasteiger partial charge on any atom is -0.447 e. The van der Waals surface area contributed by atoms with Crippen LogP contribution in [-0.2, 0) is 14.3 Å². The number of rotatable bonds is 4. The molecule has 4 rings (SSSR count). The maximum atomic E-state index is 12.4. The molecule has 1 aliphatic heterocycles. The molecule has 0 spiro atoms. The normalized spacial score (nSPS) is 21.8. The molecule has 2 heterocycles. The van der Waals surface area contributed by atoms with E-state index in [1.165, 1.54) is 11.1 Å². The summed E-state index contributed by atoms with van der Waals surface area (Å²) in [6.07, 6.45) is 0.941. The molecule has 3 amide bonds. The summed E-state index contributed by atoms with van der Waals surface area (Å²) in [6, 6.07) is 6.99. The molecule has 33 heavy (non-hydrogen) atoms. The fourth-order valence-corrected chi connectivity index (χ4v) is 3.69. The molecule has 172 valence electrons. The Morgan fingerprint density at radius 1 is 1.27 bits per heavy atom. The number of cyclic esters (lactones) is 1. The predicted octanol–water partition coefficient (Wildman–Crippen LogP) is 4.03. The molecule has 0 radical (unpaired) electrons. The number of carbonyl (C=O) groups excluding carboxylic acids is 3. The molecule has 1 saturated carbocycles. The standard InChI is InChI=1S/C23H25N5O5/c1-12-11-32-22(31)28(12)15-5-13-7-19(27-20(29)16-6-14(16)9-24)25-10-17(13)18(8-15)26-21(30)33-23(2,3)4/h5,7-8,10,12,14,16H,6,11H2,1-4H3,(H,26,30)(H,25,27,29)/t12-,14?,16?/m0/s1. The van der Waals surface area contributed by atoms with Crippen molar-refractivity contribution in [2.45, 2.75) is 45.8 Å². The molecular weight excluding hydrogens is 426 g/mol. The number of nitrogens with one attached hydrogen (secondary N) is 2. The lowest BCUT2D eigenvalue weighted by molar-refractivity contribution is -0.117. The van der Waals surface area contributed by atoms with Crippen molar-refractivity contribution in [3.63, 3.8) is 0 Å². The molecule has 2 fully saturated rings. The number of pyridine rings is 1. The lowest BCUT2D eigenvalue weighted by Crippen LogP contribution is -2.31. The third-order valence-electron chi connectivity index (χ3n) is 5.37. The van der Waals surface area contributed by atoms with E-state index in [1.54, 1.807) is 39.0 Å². The van der Waals surface area contributed by atoms with E-state index in [4.69, 9.17) is 14.7 Å². The number of fused-ring (bicyclic) bond motifs is 1. The zero-order valence-electron chi connectivity index (χ0n) is 18.8. The summed E-state index contributed by atoms with van der Waals surface area (Å²) >= 11 is 0. The van der Waals surface area contributed by atoms with Crippen LogP contribution in [0.1, 0.15) is 34.1 Å². The number of hydrogen-bond donors (Lipinski definition) is 2. The van der Waals surface area contributed by atoms with Crippen molar-refractivity contribution < 1.29 is 23.9 Å². The van der Waals surface area contributed by atoms with E-state index in [1.807, 2.05) is 6.92 Å². The van der Waals surface area contributed by atoms with Crippen molar-refractivity contribution in [2.75, 3.05) is 22.1 Å². The number of nitriles is 1. The molecule has 0 bridgehead atoms. The first kappa shape index (κ1) is 22.3. The van der Waals surface area contributed by atoms with E-state index >= 15 is 0 Å². The highest BCUT2D eigenvalue weighted by Crippen LogP contribution is 2.39. The minimum atomic E-state index is -0.690. The Labute approximate surface area is 190 Å². The lowest BCUT2D eigenvalue weighted by Gasteiger charge is -2.22. The average Bonchev–Trinajstić information content (AvgIpc) is 3.44. The topological polar surface area (TPSA) is 134 Å². The van der Waals surface area contributed by atoms with Gasteiger partial charge in [-0.15, -0.1) is 0 Å². The molecule has 2 aromatic rings. The Hall–Kier alpha value is -3.87. The molecule has 2 aliphatic rings. The van der Waals surface area contributed by atoms with Gasteiger partial charge in [0.05, 0.1) is 35.3 Å². The molecule has 2 unspecified atom stereocenters. The van der Waals surface area contributed by atoms with E-state index < -0.39 is 17.8 Å². The van der Waals surface area contributed by atoms with Crippen LogP contribution in [-0.4, -0.2) is 41.3 Å². The second kappa shape index (κ2) is 8.24. The lowest BCUT2D eigenvalue weighted by atomic mass is 10.1. The van der Waals surface area contributed by atoms with E-state index in [9.17, 15) is 14.4 Å². The zero-order chi connectivity index (χ0) is 23.9. The van der Waals surface area contributed by atoms with E-state index in [0.29, 0.717) is 34.4 Å². The molecule has 1 aromatic heterocycles. The van der Waals surface area contributed by atoms with Crippen LogP contribution in [0.5, 0.6) is 0 Å². The predicted molar refractivity (Wildman–Crippen MR) is 121 cm³/mol. The van der Waals surface area contributed by atoms with Gasteiger partial charge in [-0.25, -0.2) is 14.6 Å². The van der Waals surface area contributed by atoms with Crippen LogP contribution in [0.4, 0.5) is 26.8 Å². The second-order valence-electron chi connectivity index (χ2n) is 9.27. The first-order chi connectivity index (χ1) is 15.6. The van der Waals surface area contributed by atoms with E-state index in [-0.39, 0.29) is 30.4 Å². The Bertz CT molecular complexity index is 1180. The van der Waals surface area contributed by atoms with Crippen LogP contribution in [0.25, 0.3) is 10.8 Å². The zero-order valence-corrected chi connectivity index (χ0v) is 18.8. The Morgan fingerprint density at radius 3 is 2.64 bits per heavy atom. The number of hydrogen-bond acceptors (Lipinski definition) is 7. The molecular formula is C23H25N5O5. The van der Waals surface area contributed by atoms with Crippen LogP contribution in [0, 0.1) is 23.2 Å². The van der Waals surface area contributed by atoms with Crippen molar-refractivity contribution in [3.05, 3.63) is 24.4 Å². The second-order valence-corrected chi connectivity index (χ2v) is 9.27. The highest BCUT2D eigenvalue weighted by molar-refractivity contribution is 6.05. The van der Waals surface area contributed by atoms with E-state index in [2.05, 4.69) is 21.7 Å². The highest BCUT2D eigenvalue weighted by atomic mass is 16.6.